The van der Waals surface area contributed by atoms with E-state index in [9.17, 15) is 0 Å². The van der Waals surface area contributed by atoms with Gasteiger partial charge in [0, 0.05) is 0 Å². The van der Waals surface area contributed by atoms with E-state index >= 15 is 0 Å². The van der Waals surface area contributed by atoms with Gasteiger partial charge in [-0.05, 0) is 89.5 Å². The van der Waals surface area contributed by atoms with Gasteiger partial charge >= 0.3 is 0 Å². The topological polar surface area (TPSA) is 35.2 Å². The minimum absolute atomic E-state index is 0.681. The van der Waals surface area contributed by atoms with Crippen molar-refractivity contribution in [3.05, 3.63) is 28.2 Å². The number of ether oxygens (including phenoxy) is 1. The zero-order valence-corrected chi connectivity index (χ0v) is 15.0. The summed E-state index contributed by atoms with van der Waals surface area (Å²) in [7, 11) is 1.71. The molecule has 0 amide bonds. The lowest BCUT2D eigenvalue weighted by atomic mass is 9.69. The summed E-state index contributed by atoms with van der Waals surface area (Å²) in [5.74, 6) is 3.95. The molecule has 3 atom stereocenters. The first-order valence-electron chi connectivity index (χ1n) is 8.07. The highest BCUT2D eigenvalue weighted by Crippen LogP contribution is 2.39. The highest BCUT2D eigenvalue weighted by atomic mass is 79.9. The lowest BCUT2D eigenvalue weighted by molar-refractivity contribution is 0.151. The van der Waals surface area contributed by atoms with Gasteiger partial charge in [0.05, 0.1) is 11.6 Å². The highest BCUT2D eigenvalue weighted by Gasteiger charge is 2.31. The SMILES string of the molecule is COc1ccc(CC2CC(C(C)C)CCC2CN)cc1Br. The van der Waals surface area contributed by atoms with Crippen molar-refractivity contribution in [1.29, 1.82) is 0 Å². The van der Waals surface area contributed by atoms with Crippen LogP contribution < -0.4 is 10.5 Å². The lowest BCUT2D eigenvalue weighted by Crippen LogP contribution is -2.33. The molecule has 0 heterocycles. The van der Waals surface area contributed by atoms with Gasteiger partial charge in [0.25, 0.3) is 0 Å². The van der Waals surface area contributed by atoms with Gasteiger partial charge in [-0.3, -0.25) is 0 Å². The Kier molecular flexibility index (Phi) is 6.12. The van der Waals surface area contributed by atoms with Gasteiger partial charge in [-0.25, -0.2) is 0 Å². The summed E-state index contributed by atoms with van der Waals surface area (Å²) in [5.41, 5.74) is 7.40. The van der Waals surface area contributed by atoms with Crippen molar-refractivity contribution in [3.63, 3.8) is 0 Å². The van der Waals surface area contributed by atoms with Crippen LogP contribution in [0.1, 0.15) is 38.7 Å². The molecule has 1 saturated carbocycles. The van der Waals surface area contributed by atoms with E-state index in [2.05, 4.69) is 48.0 Å². The minimum atomic E-state index is 0.681. The second-order valence-electron chi connectivity index (χ2n) is 6.75. The quantitative estimate of drug-likeness (QED) is 0.836. The second kappa shape index (κ2) is 7.64. The average Bonchev–Trinajstić information content (AvgIpc) is 2.47. The van der Waals surface area contributed by atoms with E-state index in [1.165, 1.54) is 24.8 Å². The predicted molar refractivity (Wildman–Crippen MR) is 92.6 cm³/mol. The van der Waals surface area contributed by atoms with E-state index in [1.807, 2.05) is 0 Å². The zero-order valence-electron chi connectivity index (χ0n) is 13.4. The molecular formula is C18H28BrNO. The van der Waals surface area contributed by atoms with Crippen LogP contribution in [-0.4, -0.2) is 13.7 Å². The van der Waals surface area contributed by atoms with Gasteiger partial charge < -0.3 is 10.5 Å². The van der Waals surface area contributed by atoms with E-state index in [4.69, 9.17) is 10.5 Å². The van der Waals surface area contributed by atoms with Gasteiger partial charge in [-0.15, -0.1) is 0 Å². The molecule has 3 unspecified atom stereocenters. The molecule has 1 fully saturated rings. The molecule has 1 aromatic rings. The van der Waals surface area contributed by atoms with Crippen LogP contribution in [0.3, 0.4) is 0 Å². The maximum absolute atomic E-state index is 6.02. The third-order valence-electron chi connectivity index (χ3n) is 5.14. The monoisotopic (exact) mass is 353 g/mol. The van der Waals surface area contributed by atoms with E-state index in [0.717, 1.165) is 40.9 Å². The first-order chi connectivity index (χ1) is 10.0. The molecule has 1 aliphatic carbocycles. The predicted octanol–water partition coefficient (Wildman–Crippen LogP) is 4.65. The number of rotatable bonds is 5. The van der Waals surface area contributed by atoms with E-state index in [0.29, 0.717) is 5.92 Å². The van der Waals surface area contributed by atoms with Crippen LogP contribution in [-0.2, 0) is 6.42 Å². The minimum Gasteiger partial charge on any atom is -0.496 e. The van der Waals surface area contributed by atoms with E-state index < -0.39 is 0 Å². The van der Waals surface area contributed by atoms with Gasteiger partial charge in [0.1, 0.15) is 5.75 Å². The maximum Gasteiger partial charge on any atom is 0.133 e. The molecule has 2 nitrogen and oxygen atoms in total. The Balaban J connectivity index is 2.09. The van der Waals surface area contributed by atoms with Crippen LogP contribution in [0.4, 0.5) is 0 Å². The molecule has 118 valence electrons. The number of hydrogen-bond acceptors (Lipinski definition) is 2. The Hall–Kier alpha value is -0.540. The molecule has 3 heteroatoms. The molecule has 0 saturated heterocycles. The molecule has 2 N–H and O–H groups in total. The third-order valence-corrected chi connectivity index (χ3v) is 5.76. The molecular weight excluding hydrogens is 326 g/mol. The van der Waals surface area contributed by atoms with Gasteiger partial charge in [-0.1, -0.05) is 19.9 Å². The number of benzene rings is 1. The number of nitrogens with two attached hydrogens (primary N) is 1. The summed E-state index contributed by atoms with van der Waals surface area (Å²) in [6.45, 7) is 5.54. The highest BCUT2D eigenvalue weighted by molar-refractivity contribution is 9.10. The van der Waals surface area contributed by atoms with Crippen molar-refractivity contribution >= 4 is 15.9 Å². The van der Waals surface area contributed by atoms with Crippen molar-refractivity contribution in [1.82, 2.24) is 0 Å². The van der Waals surface area contributed by atoms with Gasteiger partial charge in [-0.2, -0.15) is 0 Å². The average molecular weight is 354 g/mol. The van der Waals surface area contributed by atoms with Crippen molar-refractivity contribution in [2.75, 3.05) is 13.7 Å². The molecule has 1 aromatic carbocycles. The first-order valence-corrected chi connectivity index (χ1v) is 8.87. The largest absolute Gasteiger partial charge is 0.496 e. The normalized spacial score (nSPS) is 26.1. The fourth-order valence-electron chi connectivity index (χ4n) is 3.67. The first kappa shape index (κ1) is 16.8. The fraction of sp³-hybridized carbons (Fsp3) is 0.667. The van der Waals surface area contributed by atoms with Crippen LogP contribution in [0, 0.1) is 23.7 Å². The van der Waals surface area contributed by atoms with Crippen molar-refractivity contribution in [2.24, 2.45) is 29.4 Å². The van der Waals surface area contributed by atoms with Crippen LogP contribution in [0.2, 0.25) is 0 Å². The Morgan fingerprint density at radius 1 is 1.29 bits per heavy atom. The van der Waals surface area contributed by atoms with Crippen LogP contribution in [0.25, 0.3) is 0 Å². The molecule has 0 radical (unpaired) electrons. The molecule has 1 aliphatic rings. The number of halogens is 1. The lowest BCUT2D eigenvalue weighted by Gasteiger charge is -2.37. The van der Waals surface area contributed by atoms with Gasteiger partial charge in [0.15, 0.2) is 0 Å². The van der Waals surface area contributed by atoms with Crippen LogP contribution >= 0.6 is 15.9 Å². The Morgan fingerprint density at radius 2 is 2.05 bits per heavy atom. The Morgan fingerprint density at radius 3 is 2.62 bits per heavy atom. The maximum atomic E-state index is 6.02. The van der Waals surface area contributed by atoms with Crippen molar-refractivity contribution < 1.29 is 4.74 Å². The summed E-state index contributed by atoms with van der Waals surface area (Å²) in [5, 5.41) is 0. The standard InChI is InChI=1S/C18H28BrNO/c1-12(2)14-5-6-15(11-20)16(10-14)8-13-4-7-18(21-3)17(19)9-13/h4,7,9,12,14-16H,5-6,8,10-11,20H2,1-3H3. The third kappa shape index (κ3) is 4.23. The van der Waals surface area contributed by atoms with Crippen molar-refractivity contribution in [3.8, 4) is 5.75 Å². The summed E-state index contributed by atoms with van der Waals surface area (Å²) < 4.78 is 6.36. The van der Waals surface area contributed by atoms with Crippen LogP contribution in [0.5, 0.6) is 5.75 Å². The number of hydrogen-bond donors (Lipinski definition) is 1. The molecule has 0 spiro atoms. The smallest absolute Gasteiger partial charge is 0.133 e. The molecule has 0 bridgehead atoms. The molecule has 0 aromatic heterocycles. The van der Waals surface area contributed by atoms with Crippen molar-refractivity contribution in [2.45, 2.75) is 39.5 Å². The number of methoxy groups -OCH3 is 1. The molecule has 2 rings (SSSR count). The summed E-state index contributed by atoms with van der Waals surface area (Å²) >= 11 is 3.59. The summed E-state index contributed by atoms with van der Waals surface area (Å²) in [4.78, 5) is 0. The second-order valence-corrected chi connectivity index (χ2v) is 7.60. The Bertz CT molecular complexity index is 461. The fourth-order valence-corrected chi connectivity index (χ4v) is 4.26. The summed E-state index contributed by atoms with van der Waals surface area (Å²) in [6, 6.07) is 6.45. The van der Waals surface area contributed by atoms with E-state index in [1.54, 1.807) is 7.11 Å². The Labute approximate surface area is 137 Å². The molecule has 0 aliphatic heterocycles. The summed E-state index contributed by atoms with van der Waals surface area (Å²) in [6.07, 6.45) is 5.10. The molecule has 21 heavy (non-hydrogen) atoms. The zero-order chi connectivity index (χ0) is 15.4. The van der Waals surface area contributed by atoms with Gasteiger partial charge in [0.2, 0.25) is 0 Å². The van der Waals surface area contributed by atoms with E-state index in [-0.39, 0.29) is 0 Å². The van der Waals surface area contributed by atoms with Crippen LogP contribution in [0.15, 0.2) is 22.7 Å².